The van der Waals surface area contributed by atoms with E-state index < -0.39 is 0 Å². The molecule has 0 atom stereocenters. The number of nitrogens with zero attached hydrogens (tertiary/aromatic N) is 3. The van der Waals surface area contributed by atoms with Gasteiger partial charge in [-0.3, -0.25) is 9.79 Å². The van der Waals surface area contributed by atoms with Gasteiger partial charge in [-0.05, 0) is 49.9 Å². The second-order valence-electron chi connectivity index (χ2n) is 8.16. The normalized spacial score (nSPS) is 17.5. The molecule has 2 aliphatic rings. The molecule has 2 heterocycles. The smallest absolute Gasteiger partial charge is 0.289 e. The summed E-state index contributed by atoms with van der Waals surface area (Å²) < 4.78 is 17.0. The molecule has 0 spiro atoms. The van der Waals surface area contributed by atoms with Crippen LogP contribution < -0.4 is 14.8 Å². The molecule has 0 unspecified atom stereocenters. The lowest BCUT2D eigenvalue weighted by atomic mass is 10.1. The number of nitrogens with one attached hydrogen (secondary N) is 1. The largest absolute Gasteiger partial charge is 0.497 e. The summed E-state index contributed by atoms with van der Waals surface area (Å²) in [5.74, 6) is 2.80. The fourth-order valence-electron chi connectivity index (χ4n) is 4.29. The van der Waals surface area contributed by atoms with Crippen LogP contribution in [0.3, 0.4) is 0 Å². The molecule has 4 rings (SSSR count). The van der Waals surface area contributed by atoms with E-state index in [1.807, 2.05) is 23.1 Å². The maximum absolute atomic E-state index is 12.5. The zero-order valence-corrected chi connectivity index (χ0v) is 18.9. The number of furan rings is 1. The van der Waals surface area contributed by atoms with Crippen molar-refractivity contribution in [3.63, 3.8) is 0 Å². The SMILES string of the molecule is CN=C(NCc1ccc(OC)cc1OC1CCCC1)N1CCN(C(=O)c2ccco2)CC1. The van der Waals surface area contributed by atoms with Crippen molar-refractivity contribution in [2.24, 2.45) is 4.99 Å². The van der Waals surface area contributed by atoms with Gasteiger partial charge in [0.2, 0.25) is 0 Å². The van der Waals surface area contributed by atoms with Gasteiger partial charge in [0.1, 0.15) is 11.5 Å². The summed E-state index contributed by atoms with van der Waals surface area (Å²) in [7, 11) is 3.46. The van der Waals surface area contributed by atoms with Gasteiger partial charge in [-0.15, -0.1) is 0 Å². The van der Waals surface area contributed by atoms with Gasteiger partial charge in [-0.2, -0.15) is 0 Å². The number of benzene rings is 1. The molecule has 1 N–H and O–H groups in total. The first-order valence-corrected chi connectivity index (χ1v) is 11.3. The average Bonchev–Trinajstić information content (AvgIpc) is 3.55. The predicted molar refractivity (Wildman–Crippen MR) is 122 cm³/mol. The van der Waals surface area contributed by atoms with Crippen LogP contribution in [0.4, 0.5) is 0 Å². The zero-order chi connectivity index (χ0) is 22.3. The van der Waals surface area contributed by atoms with Crippen LogP contribution >= 0.6 is 0 Å². The van der Waals surface area contributed by atoms with Crippen molar-refractivity contribution >= 4 is 11.9 Å². The van der Waals surface area contributed by atoms with E-state index >= 15 is 0 Å². The molecule has 0 radical (unpaired) electrons. The summed E-state index contributed by atoms with van der Waals surface area (Å²) in [6.45, 7) is 3.27. The lowest BCUT2D eigenvalue weighted by Crippen LogP contribution is -2.53. The third-order valence-electron chi connectivity index (χ3n) is 6.12. The Bertz CT molecular complexity index is 914. The number of aliphatic imine (C=N–C) groups is 1. The molecule has 1 aromatic carbocycles. The molecule has 1 aliphatic carbocycles. The van der Waals surface area contributed by atoms with E-state index in [0.29, 0.717) is 38.5 Å². The van der Waals surface area contributed by atoms with Crippen LogP contribution in [-0.2, 0) is 6.54 Å². The summed E-state index contributed by atoms with van der Waals surface area (Å²) in [4.78, 5) is 20.9. The van der Waals surface area contributed by atoms with Crippen LogP contribution in [0, 0.1) is 0 Å². The number of hydrogen-bond donors (Lipinski definition) is 1. The number of hydrogen-bond acceptors (Lipinski definition) is 5. The van der Waals surface area contributed by atoms with Crippen LogP contribution in [0.1, 0.15) is 41.8 Å². The number of ether oxygens (including phenoxy) is 2. The van der Waals surface area contributed by atoms with Crippen molar-refractivity contribution < 1.29 is 18.7 Å². The predicted octanol–water partition coefficient (Wildman–Crippen LogP) is 3.14. The number of piperazine rings is 1. The van der Waals surface area contributed by atoms with Gasteiger partial charge >= 0.3 is 0 Å². The monoisotopic (exact) mass is 440 g/mol. The fraction of sp³-hybridized carbons (Fsp3) is 0.500. The van der Waals surface area contributed by atoms with Gasteiger partial charge in [0.05, 0.1) is 19.5 Å². The minimum Gasteiger partial charge on any atom is -0.497 e. The summed E-state index contributed by atoms with van der Waals surface area (Å²) in [6.07, 6.45) is 6.46. The number of methoxy groups -OCH3 is 1. The zero-order valence-electron chi connectivity index (χ0n) is 18.9. The molecule has 1 saturated heterocycles. The second kappa shape index (κ2) is 10.4. The third kappa shape index (κ3) is 5.18. The van der Waals surface area contributed by atoms with Gasteiger partial charge in [0, 0.05) is 51.4 Å². The average molecular weight is 441 g/mol. The van der Waals surface area contributed by atoms with Gasteiger partial charge in [0.15, 0.2) is 11.7 Å². The Kier molecular flexibility index (Phi) is 7.19. The second-order valence-corrected chi connectivity index (χ2v) is 8.16. The first-order chi connectivity index (χ1) is 15.7. The van der Waals surface area contributed by atoms with Crippen molar-refractivity contribution in [3.05, 3.63) is 47.9 Å². The quantitative estimate of drug-likeness (QED) is 0.549. The highest BCUT2D eigenvalue weighted by molar-refractivity contribution is 5.91. The van der Waals surface area contributed by atoms with E-state index in [1.165, 1.54) is 19.1 Å². The molecule has 0 bridgehead atoms. The Morgan fingerprint density at radius 2 is 1.91 bits per heavy atom. The molecule has 1 amide bonds. The molecule has 2 aromatic rings. The highest BCUT2D eigenvalue weighted by Gasteiger charge is 2.25. The lowest BCUT2D eigenvalue weighted by Gasteiger charge is -2.36. The molecule has 172 valence electrons. The van der Waals surface area contributed by atoms with Crippen molar-refractivity contribution in [2.45, 2.75) is 38.3 Å². The van der Waals surface area contributed by atoms with Crippen molar-refractivity contribution in [3.8, 4) is 11.5 Å². The van der Waals surface area contributed by atoms with E-state index in [0.717, 1.165) is 35.9 Å². The molecule has 1 aromatic heterocycles. The van der Waals surface area contributed by atoms with Gasteiger partial charge in [-0.1, -0.05) is 0 Å². The molecule has 32 heavy (non-hydrogen) atoms. The molecule has 2 fully saturated rings. The first kappa shape index (κ1) is 22.0. The Labute approximate surface area is 189 Å². The van der Waals surface area contributed by atoms with E-state index in [2.05, 4.69) is 15.2 Å². The Morgan fingerprint density at radius 1 is 1.16 bits per heavy atom. The van der Waals surface area contributed by atoms with Crippen molar-refractivity contribution in [1.29, 1.82) is 0 Å². The summed E-state index contributed by atoms with van der Waals surface area (Å²) in [5, 5.41) is 3.46. The van der Waals surface area contributed by atoms with Crippen LogP contribution in [0.2, 0.25) is 0 Å². The first-order valence-electron chi connectivity index (χ1n) is 11.3. The van der Waals surface area contributed by atoms with Gasteiger partial charge in [0.25, 0.3) is 5.91 Å². The number of guanidine groups is 1. The maximum atomic E-state index is 12.5. The summed E-state index contributed by atoms with van der Waals surface area (Å²) in [5.41, 5.74) is 1.07. The number of rotatable bonds is 6. The van der Waals surface area contributed by atoms with Crippen molar-refractivity contribution in [2.75, 3.05) is 40.3 Å². The molecule has 8 nitrogen and oxygen atoms in total. The summed E-state index contributed by atoms with van der Waals surface area (Å²) >= 11 is 0. The van der Waals surface area contributed by atoms with Crippen LogP contribution in [-0.4, -0.2) is 68.1 Å². The fourth-order valence-corrected chi connectivity index (χ4v) is 4.29. The Balaban J connectivity index is 1.35. The third-order valence-corrected chi connectivity index (χ3v) is 6.12. The summed E-state index contributed by atoms with van der Waals surface area (Å²) in [6, 6.07) is 9.41. The number of carbonyl (C=O) groups excluding carboxylic acids is 1. The lowest BCUT2D eigenvalue weighted by molar-refractivity contribution is 0.0657. The molecule has 1 aliphatic heterocycles. The van der Waals surface area contributed by atoms with E-state index in [-0.39, 0.29) is 12.0 Å². The molecule has 8 heteroatoms. The standard InChI is InChI=1S/C24H32N4O4/c1-25-24(28-13-11-27(12-14-28)23(29)21-8-5-15-31-21)26-17-18-9-10-20(30-2)16-22(18)32-19-6-3-4-7-19/h5,8-10,15-16,19H,3-4,6-7,11-14,17H2,1-2H3,(H,25,26). The van der Waals surface area contributed by atoms with Crippen LogP contribution in [0.5, 0.6) is 11.5 Å². The van der Waals surface area contributed by atoms with Crippen LogP contribution in [0.15, 0.2) is 46.0 Å². The minimum absolute atomic E-state index is 0.0652. The van der Waals surface area contributed by atoms with E-state index in [4.69, 9.17) is 13.9 Å². The van der Waals surface area contributed by atoms with Gasteiger partial charge < -0.3 is 29.0 Å². The topological polar surface area (TPSA) is 79.5 Å². The molecular weight excluding hydrogens is 408 g/mol. The Hall–Kier alpha value is -3.16. The molecular formula is C24H32N4O4. The maximum Gasteiger partial charge on any atom is 0.289 e. The van der Waals surface area contributed by atoms with Crippen LogP contribution in [0.25, 0.3) is 0 Å². The molecule has 1 saturated carbocycles. The highest BCUT2D eigenvalue weighted by atomic mass is 16.5. The number of carbonyl (C=O) groups is 1. The minimum atomic E-state index is -0.0652. The highest BCUT2D eigenvalue weighted by Crippen LogP contribution is 2.30. The van der Waals surface area contributed by atoms with Gasteiger partial charge in [-0.25, -0.2) is 0 Å². The van der Waals surface area contributed by atoms with E-state index in [9.17, 15) is 4.79 Å². The van der Waals surface area contributed by atoms with E-state index in [1.54, 1.807) is 26.3 Å². The number of amides is 1. The Morgan fingerprint density at radius 3 is 2.56 bits per heavy atom. The van der Waals surface area contributed by atoms with Crippen molar-refractivity contribution in [1.82, 2.24) is 15.1 Å².